The van der Waals surface area contributed by atoms with Crippen LogP contribution in [0.1, 0.15) is 37.1 Å². The van der Waals surface area contributed by atoms with Crippen LogP contribution < -0.4 is 10.6 Å². The molecule has 0 amide bonds. The molecular formula is C23H35N5OS. The molecule has 1 aliphatic heterocycles. The highest BCUT2D eigenvalue weighted by atomic mass is 32.2. The van der Waals surface area contributed by atoms with Crippen LogP contribution in [-0.4, -0.2) is 54.3 Å². The molecular weight excluding hydrogens is 394 g/mol. The zero-order chi connectivity index (χ0) is 21.3. The Kier molecular flexibility index (Phi) is 8.63. The third kappa shape index (κ3) is 7.06. The first-order valence-electron chi connectivity index (χ1n) is 10.8. The molecule has 2 N–H and O–H groups in total. The van der Waals surface area contributed by atoms with Gasteiger partial charge in [-0.2, -0.15) is 0 Å². The van der Waals surface area contributed by atoms with Crippen LogP contribution in [-0.2, 0) is 6.54 Å². The van der Waals surface area contributed by atoms with Crippen LogP contribution in [0, 0.1) is 19.8 Å². The van der Waals surface area contributed by atoms with Crippen molar-refractivity contribution < 1.29 is 4.42 Å². The first-order valence-corrected chi connectivity index (χ1v) is 11.7. The number of aliphatic imine (C=N–C) groups is 1. The van der Waals surface area contributed by atoms with Gasteiger partial charge in [-0.3, -0.25) is 9.89 Å². The summed E-state index contributed by atoms with van der Waals surface area (Å²) in [5, 5.41) is 7.45. The quantitative estimate of drug-likeness (QED) is 0.377. The molecule has 164 valence electrons. The Morgan fingerprint density at radius 2 is 1.97 bits per heavy atom. The molecule has 30 heavy (non-hydrogen) atoms. The van der Waals surface area contributed by atoms with Crippen molar-refractivity contribution in [3.8, 4) is 0 Å². The molecule has 1 fully saturated rings. The highest BCUT2D eigenvalue weighted by Gasteiger charge is 2.21. The number of aromatic nitrogens is 1. The Labute approximate surface area is 184 Å². The Balaban J connectivity index is 1.33. The minimum Gasteiger partial charge on any atom is -0.444 e. The van der Waals surface area contributed by atoms with Gasteiger partial charge in [0.1, 0.15) is 5.76 Å². The summed E-state index contributed by atoms with van der Waals surface area (Å²) < 4.78 is 5.73. The van der Waals surface area contributed by atoms with E-state index in [1.165, 1.54) is 17.7 Å². The maximum atomic E-state index is 5.73. The predicted octanol–water partition coefficient (Wildman–Crippen LogP) is 3.85. The SMILES string of the molecule is CN=C(NCC1CCN(Cc2nc(C)c(C)o2)CC1)NCC(C)Sc1ccccc1. The second kappa shape index (κ2) is 11.4. The Morgan fingerprint density at radius 3 is 2.60 bits per heavy atom. The summed E-state index contributed by atoms with van der Waals surface area (Å²) in [5.41, 5.74) is 0.999. The molecule has 3 rings (SSSR count). The monoisotopic (exact) mass is 429 g/mol. The van der Waals surface area contributed by atoms with Crippen LogP contribution in [0.25, 0.3) is 0 Å². The number of rotatable bonds is 8. The van der Waals surface area contributed by atoms with E-state index in [0.29, 0.717) is 11.2 Å². The summed E-state index contributed by atoms with van der Waals surface area (Å²) in [6.07, 6.45) is 2.37. The number of guanidine groups is 1. The van der Waals surface area contributed by atoms with Gasteiger partial charge in [-0.05, 0) is 57.8 Å². The van der Waals surface area contributed by atoms with E-state index < -0.39 is 0 Å². The summed E-state index contributed by atoms with van der Waals surface area (Å²) in [7, 11) is 1.84. The van der Waals surface area contributed by atoms with E-state index in [2.05, 4.69) is 62.8 Å². The summed E-state index contributed by atoms with van der Waals surface area (Å²) in [4.78, 5) is 12.6. The van der Waals surface area contributed by atoms with Gasteiger partial charge in [-0.15, -0.1) is 11.8 Å². The van der Waals surface area contributed by atoms with E-state index in [4.69, 9.17) is 4.42 Å². The molecule has 0 radical (unpaired) electrons. The summed E-state index contributed by atoms with van der Waals surface area (Å²) in [5.74, 6) is 3.33. The van der Waals surface area contributed by atoms with Crippen molar-refractivity contribution in [2.24, 2.45) is 10.9 Å². The van der Waals surface area contributed by atoms with Crippen molar-refractivity contribution in [1.29, 1.82) is 0 Å². The molecule has 0 saturated carbocycles. The van der Waals surface area contributed by atoms with E-state index in [1.54, 1.807) is 0 Å². The molecule has 7 heteroatoms. The normalized spacial score (nSPS) is 17.1. The van der Waals surface area contributed by atoms with Gasteiger partial charge in [-0.25, -0.2) is 4.98 Å². The van der Waals surface area contributed by atoms with Crippen LogP contribution >= 0.6 is 11.8 Å². The molecule has 0 spiro atoms. The van der Waals surface area contributed by atoms with Gasteiger partial charge in [-0.1, -0.05) is 25.1 Å². The zero-order valence-corrected chi connectivity index (χ0v) is 19.5. The molecule has 2 aromatic rings. The number of piperidine rings is 1. The fourth-order valence-corrected chi connectivity index (χ4v) is 4.57. The average Bonchev–Trinajstić information content (AvgIpc) is 3.06. The van der Waals surface area contributed by atoms with Gasteiger partial charge in [0, 0.05) is 30.3 Å². The van der Waals surface area contributed by atoms with E-state index in [1.807, 2.05) is 32.7 Å². The molecule has 1 atom stereocenters. The molecule has 2 heterocycles. The second-order valence-corrected chi connectivity index (χ2v) is 9.56. The predicted molar refractivity (Wildman–Crippen MR) is 125 cm³/mol. The third-order valence-electron chi connectivity index (χ3n) is 5.56. The van der Waals surface area contributed by atoms with Crippen LogP contribution in [0.5, 0.6) is 0 Å². The number of hydrogen-bond acceptors (Lipinski definition) is 5. The van der Waals surface area contributed by atoms with Gasteiger partial charge < -0.3 is 15.1 Å². The first-order chi connectivity index (χ1) is 14.5. The van der Waals surface area contributed by atoms with Crippen molar-refractivity contribution in [3.05, 3.63) is 47.7 Å². The number of benzene rings is 1. The number of hydrogen-bond donors (Lipinski definition) is 2. The summed E-state index contributed by atoms with van der Waals surface area (Å²) >= 11 is 1.88. The van der Waals surface area contributed by atoms with E-state index in [0.717, 1.165) is 56.0 Å². The third-order valence-corrected chi connectivity index (χ3v) is 6.67. The standard InChI is InChI=1S/C23H35N5OS/c1-17(30-21-8-6-5-7-9-21)14-25-23(24-4)26-15-20-10-12-28(13-11-20)16-22-27-18(2)19(3)29-22/h5-9,17,20H,10-16H2,1-4H3,(H2,24,25,26). The highest BCUT2D eigenvalue weighted by Crippen LogP contribution is 2.22. The van der Waals surface area contributed by atoms with Crippen molar-refractivity contribution in [3.63, 3.8) is 0 Å². The average molecular weight is 430 g/mol. The molecule has 1 saturated heterocycles. The van der Waals surface area contributed by atoms with Gasteiger partial charge >= 0.3 is 0 Å². The van der Waals surface area contributed by atoms with Gasteiger partial charge in [0.15, 0.2) is 5.96 Å². The Morgan fingerprint density at radius 1 is 1.23 bits per heavy atom. The number of aryl methyl sites for hydroxylation is 2. The van der Waals surface area contributed by atoms with E-state index in [-0.39, 0.29) is 0 Å². The van der Waals surface area contributed by atoms with Crippen LogP contribution in [0.3, 0.4) is 0 Å². The highest BCUT2D eigenvalue weighted by molar-refractivity contribution is 8.00. The Bertz CT molecular complexity index is 780. The molecule has 1 aromatic heterocycles. The number of thioether (sulfide) groups is 1. The van der Waals surface area contributed by atoms with Crippen molar-refractivity contribution in [2.45, 2.75) is 50.3 Å². The summed E-state index contributed by atoms with van der Waals surface area (Å²) in [6.45, 7) is 11.1. The van der Waals surface area contributed by atoms with Gasteiger partial charge in [0.05, 0.1) is 12.2 Å². The lowest BCUT2D eigenvalue weighted by atomic mass is 9.97. The van der Waals surface area contributed by atoms with E-state index >= 15 is 0 Å². The van der Waals surface area contributed by atoms with Crippen LogP contribution in [0.4, 0.5) is 0 Å². The topological polar surface area (TPSA) is 65.7 Å². The van der Waals surface area contributed by atoms with Crippen LogP contribution in [0.2, 0.25) is 0 Å². The maximum Gasteiger partial charge on any atom is 0.208 e. The lowest BCUT2D eigenvalue weighted by Crippen LogP contribution is -2.44. The lowest BCUT2D eigenvalue weighted by Gasteiger charge is -2.31. The molecule has 1 unspecified atom stereocenters. The number of nitrogens with one attached hydrogen (secondary N) is 2. The van der Waals surface area contributed by atoms with Crippen molar-refractivity contribution >= 4 is 17.7 Å². The van der Waals surface area contributed by atoms with E-state index in [9.17, 15) is 0 Å². The minimum absolute atomic E-state index is 0.469. The summed E-state index contributed by atoms with van der Waals surface area (Å²) in [6, 6.07) is 10.5. The fourth-order valence-electron chi connectivity index (χ4n) is 3.62. The fraction of sp³-hybridized carbons (Fsp3) is 0.565. The lowest BCUT2D eigenvalue weighted by molar-refractivity contribution is 0.164. The maximum absolute atomic E-state index is 5.73. The number of likely N-dealkylation sites (tertiary alicyclic amines) is 1. The Hall–Kier alpha value is -1.99. The largest absolute Gasteiger partial charge is 0.444 e. The molecule has 1 aliphatic rings. The van der Waals surface area contributed by atoms with Crippen molar-refractivity contribution in [1.82, 2.24) is 20.5 Å². The smallest absolute Gasteiger partial charge is 0.208 e. The number of nitrogens with zero attached hydrogens (tertiary/aromatic N) is 3. The molecule has 6 nitrogen and oxygen atoms in total. The number of oxazole rings is 1. The van der Waals surface area contributed by atoms with Gasteiger partial charge in [0.25, 0.3) is 0 Å². The first kappa shape index (κ1) is 22.7. The molecule has 0 aliphatic carbocycles. The zero-order valence-electron chi connectivity index (χ0n) is 18.6. The van der Waals surface area contributed by atoms with Gasteiger partial charge in [0.2, 0.25) is 5.89 Å². The van der Waals surface area contributed by atoms with Crippen molar-refractivity contribution in [2.75, 3.05) is 33.2 Å². The van der Waals surface area contributed by atoms with Crippen LogP contribution in [0.15, 0.2) is 44.6 Å². The second-order valence-electron chi connectivity index (χ2n) is 8.04. The minimum atomic E-state index is 0.469. The molecule has 0 bridgehead atoms. The molecule has 1 aromatic carbocycles.